The average molecular weight is 328 g/mol. The van der Waals surface area contributed by atoms with Crippen molar-refractivity contribution in [3.63, 3.8) is 0 Å². The standard InChI is InChI=1S/C12H8F4N6O/c13-8-1-6(2-9(14)18-8)20-17-5-12(23)22-21-7-3-10(15)19-11(16)4-7/h1-5H,(H,18,20)(H,19,21)(H,22,23)/b17-5-. The molecule has 0 spiro atoms. The van der Waals surface area contributed by atoms with Gasteiger partial charge in [-0.3, -0.25) is 21.1 Å². The molecule has 0 saturated carbocycles. The van der Waals surface area contributed by atoms with Crippen LogP contribution in [0.25, 0.3) is 0 Å². The molecule has 3 N–H and O–H groups in total. The van der Waals surface area contributed by atoms with Crippen LogP contribution >= 0.6 is 0 Å². The second-order valence-corrected chi connectivity index (χ2v) is 3.99. The zero-order valence-corrected chi connectivity index (χ0v) is 11.1. The van der Waals surface area contributed by atoms with Crippen molar-refractivity contribution in [1.82, 2.24) is 15.4 Å². The van der Waals surface area contributed by atoms with Crippen LogP contribution in [0.5, 0.6) is 0 Å². The van der Waals surface area contributed by atoms with Gasteiger partial charge in [-0.25, -0.2) is 0 Å². The minimum atomic E-state index is -1.07. The second-order valence-electron chi connectivity index (χ2n) is 3.99. The van der Waals surface area contributed by atoms with Crippen LogP contribution in [0.1, 0.15) is 0 Å². The smallest absolute Gasteiger partial charge is 0.282 e. The number of halogens is 4. The molecule has 0 bridgehead atoms. The van der Waals surface area contributed by atoms with E-state index in [0.29, 0.717) is 0 Å². The summed E-state index contributed by atoms with van der Waals surface area (Å²) in [6.07, 6.45) is 0.733. The molecular formula is C12H8F4N6O. The first kappa shape index (κ1) is 16.1. The Labute approximate surface area is 126 Å². The molecule has 0 radical (unpaired) electrons. The number of nitrogens with one attached hydrogen (secondary N) is 3. The Morgan fingerprint density at radius 1 is 0.913 bits per heavy atom. The SMILES string of the molecule is O=C(/C=N\Nc1cc(F)nc(F)c1)NNc1cc(F)nc(F)c1. The molecule has 2 aromatic heterocycles. The number of carbonyl (C=O) groups excluding carboxylic acids is 1. The van der Waals surface area contributed by atoms with Crippen molar-refractivity contribution in [3.05, 3.63) is 48.1 Å². The van der Waals surface area contributed by atoms with Crippen LogP contribution in [0.3, 0.4) is 0 Å². The number of amides is 1. The highest BCUT2D eigenvalue weighted by atomic mass is 19.1. The monoisotopic (exact) mass is 328 g/mol. The van der Waals surface area contributed by atoms with Gasteiger partial charge in [-0.15, -0.1) is 0 Å². The molecular weight excluding hydrogens is 320 g/mol. The lowest BCUT2D eigenvalue weighted by Gasteiger charge is -2.06. The summed E-state index contributed by atoms with van der Waals surface area (Å²) in [6.45, 7) is 0. The number of hydrogen-bond acceptors (Lipinski definition) is 6. The highest BCUT2D eigenvalue weighted by molar-refractivity contribution is 6.26. The Bertz CT molecular complexity index is 714. The fourth-order valence-electron chi connectivity index (χ4n) is 1.40. The molecule has 7 nitrogen and oxygen atoms in total. The van der Waals surface area contributed by atoms with E-state index in [4.69, 9.17) is 0 Å². The van der Waals surface area contributed by atoms with Gasteiger partial charge >= 0.3 is 0 Å². The van der Waals surface area contributed by atoms with E-state index in [1.807, 2.05) is 0 Å². The molecule has 0 aromatic carbocycles. The van der Waals surface area contributed by atoms with Gasteiger partial charge in [-0.2, -0.15) is 32.6 Å². The predicted molar refractivity (Wildman–Crippen MR) is 72.2 cm³/mol. The number of aromatic nitrogens is 2. The van der Waals surface area contributed by atoms with Crippen LogP contribution < -0.4 is 16.3 Å². The summed E-state index contributed by atoms with van der Waals surface area (Å²) in [4.78, 5) is 17.1. The Morgan fingerprint density at radius 2 is 1.39 bits per heavy atom. The van der Waals surface area contributed by atoms with E-state index in [0.717, 1.165) is 30.5 Å². The van der Waals surface area contributed by atoms with Crippen molar-refractivity contribution < 1.29 is 22.4 Å². The third-order valence-corrected chi connectivity index (χ3v) is 2.23. The van der Waals surface area contributed by atoms with Crippen molar-refractivity contribution in [2.75, 3.05) is 10.9 Å². The highest BCUT2D eigenvalue weighted by Crippen LogP contribution is 2.09. The van der Waals surface area contributed by atoms with E-state index in [-0.39, 0.29) is 11.4 Å². The summed E-state index contributed by atoms with van der Waals surface area (Å²) >= 11 is 0. The van der Waals surface area contributed by atoms with Crippen LogP contribution in [0.15, 0.2) is 29.4 Å². The van der Waals surface area contributed by atoms with Crippen molar-refractivity contribution in [3.8, 4) is 0 Å². The number of hydrazine groups is 1. The normalized spacial score (nSPS) is 10.6. The largest absolute Gasteiger partial charge is 0.298 e. The van der Waals surface area contributed by atoms with Gasteiger partial charge in [0.15, 0.2) is 0 Å². The van der Waals surface area contributed by atoms with Gasteiger partial charge in [0.1, 0.15) is 6.21 Å². The topological polar surface area (TPSA) is 91.3 Å². The third-order valence-electron chi connectivity index (χ3n) is 2.23. The first-order chi connectivity index (χ1) is 10.9. The van der Waals surface area contributed by atoms with Gasteiger partial charge in [0, 0.05) is 24.3 Å². The van der Waals surface area contributed by atoms with E-state index in [1.54, 1.807) is 0 Å². The summed E-state index contributed by atoms with van der Waals surface area (Å²) < 4.78 is 51.2. The summed E-state index contributed by atoms with van der Waals surface area (Å²) in [5, 5.41) is 3.42. The molecule has 120 valence electrons. The van der Waals surface area contributed by atoms with Gasteiger partial charge in [-0.05, 0) is 0 Å². The van der Waals surface area contributed by atoms with Crippen LogP contribution in [0, 0.1) is 23.8 Å². The Balaban J connectivity index is 1.86. The predicted octanol–water partition coefficient (Wildman–Crippen LogP) is 1.57. The molecule has 0 aliphatic rings. The third kappa shape index (κ3) is 5.22. The van der Waals surface area contributed by atoms with Crippen LogP contribution in [-0.4, -0.2) is 22.1 Å². The molecule has 23 heavy (non-hydrogen) atoms. The lowest BCUT2D eigenvalue weighted by atomic mass is 10.4. The number of nitrogens with zero attached hydrogens (tertiary/aromatic N) is 3. The number of hydrogen-bond donors (Lipinski definition) is 3. The fourth-order valence-corrected chi connectivity index (χ4v) is 1.40. The second kappa shape index (κ2) is 7.15. The minimum Gasteiger partial charge on any atom is -0.298 e. The Kier molecular flexibility index (Phi) is 5.02. The zero-order valence-electron chi connectivity index (χ0n) is 11.1. The quantitative estimate of drug-likeness (QED) is 0.335. The van der Waals surface area contributed by atoms with Crippen LogP contribution in [0.2, 0.25) is 0 Å². The lowest BCUT2D eigenvalue weighted by Crippen LogP contribution is -2.30. The van der Waals surface area contributed by atoms with E-state index < -0.39 is 29.7 Å². The number of anilines is 2. The van der Waals surface area contributed by atoms with Crippen molar-refractivity contribution in [2.45, 2.75) is 0 Å². The zero-order chi connectivity index (χ0) is 16.8. The van der Waals surface area contributed by atoms with Crippen molar-refractivity contribution >= 4 is 23.5 Å². The van der Waals surface area contributed by atoms with Crippen LogP contribution in [-0.2, 0) is 4.79 Å². The number of pyridine rings is 2. The molecule has 2 rings (SSSR count). The lowest BCUT2D eigenvalue weighted by molar-refractivity contribution is -0.113. The van der Waals surface area contributed by atoms with E-state index in [9.17, 15) is 22.4 Å². The molecule has 0 fully saturated rings. The number of rotatable bonds is 5. The van der Waals surface area contributed by atoms with E-state index in [1.165, 1.54) is 0 Å². The molecule has 1 amide bonds. The first-order valence-electron chi connectivity index (χ1n) is 5.93. The minimum absolute atomic E-state index is 0.0646. The summed E-state index contributed by atoms with van der Waals surface area (Å²) in [6, 6.07) is 3.42. The average Bonchev–Trinajstić information content (AvgIpc) is 2.43. The highest BCUT2D eigenvalue weighted by Gasteiger charge is 2.03. The maximum Gasteiger partial charge on any atom is 0.282 e. The molecule has 11 heteroatoms. The Morgan fingerprint density at radius 3 is 1.91 bits per heavy atom. The van der Waals surface area contributed by atoms with Gasteiger partial charge < -0.3 is 0 Å². The molecule has 0 saturated heterocycles. The van der Waals surface area contributed by atoms with Crippen molar-refractivity contribution in [1.29, 1.82) is 0 Å². The van der Waals surface area contributed by atoms with Gasteiger partial charge in [0.2, 0.25) is 23.8 Å². The first-order valence-corrected chi connectivity index (χ1v) is 5.93. The summed E-state index contributed by atoms with van der Waals surface area (Å²) in [5.74, 6) is -5.06. The molecule has 2 aromatic rings. The summed E-state index contributed by atoms with van der Waals surface area (Å²) in [7, 11) is 0. The fraction of sp³-hybridized carbons (Fsp3) is 0. The molecule has 0 aliphatic carbocycles. The molecule has 0 aliphatic heterocycles. The molecule has 0 atom stereocenters. The van der Waals surface area contributed by atoms with Crippen molar-refractivity contribution in [2.24, 2.45) is 5.10 Å². The van der Waals surface area contributed by atoms with E-state index >= 15 is 0 Å². The maximum absolute atomic E-state index is 12.8. The number of hydrazone groups is 1. The van der Waals surface area contributed by atoms with Gasteiger partial charge in [0.05, 0.1) is 11.4 Å². The Hall–Kier alpha value is -3.24. The maximum atomic E-state index is 12.8. The number of carbonyl (C=O) groups is 1. The van der Waals surface area contributed by atoms with E-state index in [2.05, 4.69) is 31.3 Å². The molecule has 0 unspecified atom stereocenters. The molecule has 2 heterocycles. The van der Waals surface area contributed by atoms with Gasteiger partial charge in [0.25, 0.3) is 5.91 Å². The summed E-state index contributed by atoms with van der Waals surface area (Å²) in [5.41, 5.74) is 6.35. The van der Waals surface area contributed by atoms with Crippen LogP contribution in [0.4, 0.5) is 28.9 Å². The van der Waals surface area contributed by atoms with Gasteiger partial charge in [-0.1, -0.05) is 0 Å².